The van der Waals surface area contributed by atoms with E-state index >= 15 is 0 Å². The molecule has 2 amide bonds. The van der Waals surface area contributed by atoms with E-state index in [9.17, 15) is 9.59 Å². The number of carbonyl (C=O) groups is 2. The van der Waals surface area contributed by atoms with Gasteiger partial charge in [0, 0.05) is 23.3 Å². The van der Waals surface area contributed by atoms with Crippen LogP contribution in [0.25, 0.3) is 10.8 Å². The van der Waals surface area contributed by atoms with Gasteiger partial charge < -0.3 is 20.1 Å². The minimum absolute atomic E-state index is 0.188. The van der Waals surface area contributed by atoms with Crippen molar-refractivity contribution in [3.63, 3.8) is 0 Å². The second-order valence-electron chi connectivity index (χ2n) is 6.91. The molecule has 0 saturated carbocycles. The number of nitrogens with one attached hydrogen (secondary N) is 2. The number of ether oxygens (including phenoxy) is 2. The average Bonchev–Trinajstić information content (AvgIpc) is 2.84. The summed E-state index contributed by atoms with van der Waals surface area (Å²) in [4.78, 5) is 29.2. The Morgan fingerprint density at radius 1 is 0.906 bits per heavy atom. The molecule has 2 N–H and O–H groups in total. The third-order valence-electron chi connectivity index (χ3n) is 4.79. The first-order valence-corrected chi connectivity index (χ1v) is 9.96. The van der Waals surface area contributed by atoms with Crippen molar-refractivity contribution in [2.75, 3.05) is 19.0 Å². The van der Waals surface area contributed by atoms with E-state index in [-0.39, 0.29) is 18.4 Å². The van der Waals surface area contributed by atoms with Gasteiger partial charge in [0.15, 0.2) is 5.75 Å². The van der Waals surface area contributed by atoms with Crippen LogP contribution in [-0.4, -0.2) is 30.5 Å². The van der Waals surface area contributed by atoms with Crippen molar-refractivity contribution in [2.24, 2.45) is 0 Å². The highest BCUT2D eigenvalue weighted by atomic mass is 16.5. The highest BCUT2D eigenvalue weighted by Gasteiger charge is 2.13. The fourth-order valence-electron chi connectivity index (χ4n) is 3.19. The van der Waals surface area contributed by atoms with E-state index in [2.05, 4.69) is 15.6 Å². The van der Waals surface area contributed by atoms with Crippen molar-refractivity contribution in [1.82, 2.24) is 10.3 Å². The zero-order valence-electron chi connectivity index (χ0n) is 17.4. The van der Waals surface area contributed by atoms with Gasteiger partial charge in [-0.15, -0.1) is 0 Å². The molecule has 0 aliphatic heterocycles. The molecule has 32 heavy (non-hydrogen) atoms. The summed E-state index contributed by atoms with van der Waals surface area (Å²) in [7, 11) is 1.59. The van der Waals surface area contributed by atoms with Crippen LogP contribution < -0.4 is 20.1 Å². The number of para-hydroxylation sites is 2. The van der Waals surface area contributed by atoms with Crippen LogP contribution >= 0.6 is 0 Å². The molecule has 0 radical (unpaired) electrons. The Morgan fingerprint density at radius 2 is 1.69 bits per heavy atom. The smallest absolute Gasteiger partial charge is 0.252 e. The van der Waals surface area contributed by atoms with Crippen LogP contribution in [-0.2, 0) is 4.79 Å². The maximum absolute atomic E-state index is 12.6. The third kappa shape index (κ3) is 4.84. The molecular formula is C25H21N3O4. The first-order chi connectivity index (χ1) is 15.6. The van der Waals surface area contributed by atoms with Crippen molar-refractivity contribution in [2.45, 2.75) is 0 Å². The van der Waals surface area contributed by atoms with E-state index < -0.39 is 0 Å². The summed E-state index contributed by atoms with van der Waals surface area (Å²) < 4.78 is 11.0. The molecule has 0 aliphatic rings. The molecule has 0 saturated heterocycles. The zero-order valence-corrected chi connectivity index (χ0v) is 17.4. The number of nitrogens with zero attached hydrogens (tertiary/aromatic N) is 1. The van der Waals surface area contributed by atoms with E-state index in [1.807, 2.05) is 18.2 Å². The van der Waals surface area contributed by atoms with E-state index in [0.717, 1.165) is 16.5 Å². The number of benzene rings is 3. The number of carbonyl (C=O) groups excluding carboxylic acids is 2. The highest BCUT2D eigenvalue weighted by Crippen LogP contribution is 2.30. The van der Waals surface area contributed by atoms with Crippen LogP contribution in [0.2, 0.25) is 0 Å². The number of methoxy groups -OCH3 is 1. The van der Waals surface area contributed by atoms with Gasteiger partial charge in [0.05, 0.1) is 19.3 Å². The Kier molecular flexibility index (Phi) is 6.27. The molecule has 0 fully saturated rings. The second-order valence-corrected chi connectivity index (χ2v) is 6.91. The third-order valence-corrected chi connectivity index (χ3v) is 4.79. The minimum Gasteiger partial charge on any atom is -0.497 e. The summed E-state index contributed by atoms with van der Waals surface area (Å²) in [6, 6.07) is 21.4. The van der Waals surface area contributed by atoms with E-state index in [1.165, 1.54) is 0 Å². The van der Waals surface area contributed by atoms with Crippen LogP contribution in [0.5, 0.6) is 17.2 Å². The molecule has 160 valence electrons. The Hall–Kier alpha value is -4.39. The molecule has 7 heteroatoms. The lowest BCUT2D eigenvalue weighted by Gasteiger charge is -2.13. The number of fused-ring (bicyclic) bond motifs is 1. The van der Waals surface area contributed by atoms with Gasteiger partial charge in [0.2, 0.25) is 5.91 Å². The lowest BCUT2D eigenvalue weighted by Crippen LogP contribution is -2.33. The molecule has 1 heterocycles. The molecule has 1 aromatic heterocycles. The van der Waals surface area contributed by atoms with Crippen LogP contribution in [0, 0.1) is 0 Å². The van der Waals surface area contributed by atoms with Crippen LogP contribution in [0.15, 0.2) is 85.2 Å². The number of rotatable bonds is 7. The molecule has 0 unspecified atom stereocenters. The normalized spacial score (nSPS) is 10.4. The molecule has 0 bridgehead atoms. The summed E-state index contributed by atoms with van der Waals surface area (Å²) in [6.45, 7) is -0.188. The Morgan fingerprint density at radius 3 is 2.50 bits per heavy atom. The predicted molar refractivity (Wildman–Crippen MR) is 122 cm³/mol. The van der Waals surface area contributed by atoms with E-state index in [4.69, 9.17) is 9.47 Å². The van der Waals surface area contributed by atoms with E-state index in [1.54, 1.807) is 74.1 Å². The number of anilines is 1. The molecular weight excluding hydrogens is 406 g/mol. The monoisotopic (exact) mass is 427 g/mol. The van der Waals surface area contributed by atoms with Crippen molar-refractivity contribution in [1.29, 1.82) is 0 Å². The predicted octanol–water partition coefficient (Wildman–Crippen LogP) is 4.40. The van der Waals surface area contributed by atoms with Crippen LogP contribution in [0.1, 0.15) is 10.4 Å². The lowest BCUT2D eigenvalue weighted by atomic mass is 10.1. The van der Waals surface area contributed by atoms with Gasteiger partial charge >= 0.3 is 0 Å². The molecule has 0 atom stereocenters. The number of hydrogen-bond acceptors (Lipinski definition) is 5. The van der Waals surface area contributed by atoms with Crippen LogP contribution in [0.3, 0.4) is 0 Å². The van der Waals surface area contributed by atoms with Gasteiger partial charge in [0.1, 0.15) is 11.5 Å². The van der Waals surface area contributed by atoms with Gasteiger partial charge in [-0.25, -0.2) is 0 Å². The lowest BCUT2D eigenvalue weighted by molar-refractivity contribution is -0.115. The number of aromatic nitrogens is 1. The number of amides is 2. The minimum atomic E-state index is -0.373. The van der Waals surface area contributed by atoms with Crippen molar-refractivity contribution >= 4 is 28.3 Å². The molecule has 4 aromatic rings. The number of pyridine rings is 1. The van der Waals surface area contributed by atoms with Gasteiger partial charge in [-0.05, 0) is 53.9 Å². The molecule has 0 aliphatic carbocycles. The Bertz CT molecular complexity index is 1250. The van der Waals surface area contributed by atoms with Crippen LogP contribution in [0.4, 0.5) is 5.69 Å². The average molecular weight is 427 g/mol. The van der Waals surface area contributed by atoms with Gasteiger partial charge in [-0.3, -0.25) is 14.6 Å². The fourth-order valence-corrected chi connectivity index (χ4v) is 3.19. The van der Waals surface area contributed by atoms with Gasteiger partial charge in [-0.1, -0.05) is 24.3 Å². The summed E-state index contributed by atoms with van der Waals surface area (Å²) in [5, 5.41) is 7.07. The summed E-state index contributed by atoms with van der Waals surface area (Å²) in [5.41, 5.74) is 0.962. The maximum Gasteiger partial charge on any atom is 0.252 e. The molecule has 3 aromatic carbocycles. The standard InChI is InChI=1S/C25H21N3O4/c1-31-18-9-11-19(12-10-18)32-23-8-3-2-7-22(23)28-24(29)16-27-25(30)20-6-4-5-17-13-14-26-15-21(17)20/h2-15H,16H2,1H3,(H,27,30)(H,28,29). The summed E-state index contributed by atoms with van der Waals surface area (Å²) >= 11 is 0. The largest absolute Gasteiger partial charge is 0.497 e. The second kappa shape index (κ2) is 9.61. The van der Waals surface area contributed by atoms with Gasteiger partial charge in [-0.2, -0.15) is 0 Å². The SMILES string of the molecule is COc1ccc(Oc2ccccc2NC(=O)CNC(=O)c2cccc3ccncc23)cc1. The molecule has 4 rings (SSSR count). The zero-order chi connectivity index (χ0) is 22.3. The fraction of sp³-hybridized carbons (Fsp3) is 0.0800. The molecule has 0 spiro atoms. The molecule has 7 nitrogen and oxygen atoms in total. The van der Waals surface area contributed by atoms with Crippen molar-refractivity contribution < 1.29 is 19.1 Å². The topological polar surface area (TPSA) is 89.5 Å². The summed E-state index contributed by atoms with van der Waals surface area (Å²) in [5.74, 6) is 1.09. The van der Waals surface area contributed by atoms with Gasteiger partial charge in [0.25, 0.3) is 5.91 Å². The van der Waals surface area contributed by atoms with E-state index in [0.29, 0.717) is 22.7 Å². The maximum atomic E-state index is 12.6. The van der Waals surface area contributed by atoms with Crippen molar-refractivity contribution in [3.05, 3.63) is 90.8 Å². The highest BCUT2D eigenvalue weighted by molar-refractivity contribution is 6.08. The first kappa shape index (κ1) is 20.9. The number of hydrogen-bond donors (Lipinski definition) is 2. The first-order valence-electron chi connectivity index (χ1n) is 9.96. The quantitative estimate of drug-likeness (QED) is 0.456. The Labute approximate surface area is 185 Å². The summed E-state index contributed by atoms with van der Waals surface area (Å²) in [6.07, 6.45) is 3.31. The van der Waals surface area contributed by atoms with Crippen molar-refractivity contribution in [3.8, 4) is 17.2 Å². The Balaban J connectivity index is 1.40.